The van der Waals surface area contributed by atoms with Crippen LogP contribution in [0.5, 0.6) is 11.5 Å². The first kappa shape index (κ1) is 33.5. The van der Waals surface area contributed by atoms with Crippen molar-refractivity contribution in [2.75, 3.05) is 6.61 Å². The van der Waals surface area contributed by atoms with E-state index in [1.165, 1.54) is 56.4 Å². The molecule has 0 aliphatic rings. The number of ether oxygens (including phenoxy) is 1. The van der Waals surface area contributed by atoms with Crippen molar-refractivity contribution >= 4 is 112 Å². The molecule has 0 saturated carbocycles. The predicted octanol–water partition coefficient (Wildman–Crippen LogP) is 5.01. The maximum absolute atomic E-state index is 12.1. The molecular formula is C26H32Na2O8S2. The zero-order valence-electron chi connectivity index (χ0n) is 20.0. The van der Waals surface area contributed by atoms with Gasteiger partial charge in [-0.1, -0.05) is 64.0 Å². The number of unbranched alkanes of at least 4 members (excludes halogenated alkanes) is 7. The van der Waals surface area contributed by atoms with Crippen molar-refractivity contribution in [2.24, 2.45) is 0 Å². The third kappa shape index (κ3) is 7.15. The summed E-state index contributed by atoms with van der Waals surface area (Å²) in [6.07, 6.45) is 9.12. The Balaban J connectivity index is 0.00000253. The van der Waals surface area contributed by atoms with Gasteiger partial charge in [-0.2, -0.15) is 16.8 Å². The zero-order valence-corrected chi connectivity index (χ0v) is 21.7. The standard InChI is InChI=1S/C26H30O8S2.2Na.2H/c1-2-3-4-5-6-7-8-9-14-34-22-15-21(27)17-10-12-19-23(35(28,29)30)16-24(36(31,32)33)20-13-11-18(22)25(17)26(19)20;;;;/h10-13,15-16,27H,2-9,14H2,1H3,(H,28,29,30)(H,31,32,33);;;;. The molecule has 0 saturated heterocycles. The summed E-state index contributed by atoms with van der Waals surface area (Å²) >= 11 is 0. The molecule has 8 nitrogen and oxygen atoms in total. The van der Waals surface area contributed by atoms with Gasteiger partial charge in [-0.15, -0.1) is 0 Å². The number of benzene rings is 4. The van der Waals surface area contributed by atoms with Gasteiger partial charge in [-0.05, 0) is 24.6 Å². The van der Waals surface area contributed by atoms with Crippen molar-refractivity contribution < 1.29 is 35.8 Å². The van der Waals surface area contributed by atoms with Crippen molar-refractivity contribution in [1.82, 2.24) is 0 Å². The predicted molar refractivity (Wildman–Crippen MR) is 154 cm³/mol. The molecule has 3 N–H and O–H groups in total. The number of phenols is 1. The Labute approximate surface area is 267 Å². The van der Waals surface area contributed by atoms with E-state index in [2.05, 4.69) is 6.92 Å². The molecule has 0 unspecified atom stereocenters. The Bertz CT molecular complexity index is 1570. The van der Waals surface area contributed by atoms with E-state index in [-0.39, 0.29) is 81.0 Å². The molecule has 0 fully saturated rings. The van der Waals surface area contributed by atoms with E-state index in [9.17, 15) is 31.0 Å². The summed E-state index contributed by atoms with van der Waals surface area (Å²) in [5, 5.41) is 12.3. The average Bonchev–Trinajstić information content (AvgIpc) is 2.81. The topological polar surface area (TPSA) is 138 Å². The van der Waals surface area contributed by atoms with Crippen molar-refractivity contribution in [2.45, 2.75) is 68.1 Å². The van der Waals surface area contributed by atoms with Crippen LogP contribution in [0.1, 0.15) is 58.3 Å². The summed E-state index contributed by atoms with van der Waals surface area (Å²) < 4.78 is 74.0. The van der Waals surface area contributed by atoms with Crippen molar-refractivity contribution in [3.05, 3.63) is 36.4 Å². The molecule has 4 aromatic rings. The molecule has 0 bridgehead atoms. The molecule has 0 atom stereocenters. The van der Waals surface area contributed by atoms with Gasteiger partial charge in [0.15, 0.2) is 0 Å². The van der Waals surface area contributed by atoms with E-state index in [1.807, 2.05) is 0 Å². The van der Waals surface area contributed by atoms with E-state index in [0.717, 1.165) is 25.3 Å². The van der Waals surface area contributed by atoms with E-state index in [4.69, 9.17) is 4.74 Å². The van der Waals surface area contributed by atoms with Crippen LogP contribution in [0, 0.1) is 0 Å². The quantitative estimate of drug-likeness (QED) is 0.0918. The van der Waals surface area contributed by atoms with Crippen molar-refractivity contribution in [3.8, 4) is 11.5 Å². The van der Waals surface area contributed by atoms with E-state index < -0.39 is 30.0 Å². The monoisotopic (exact) mass is 582 g/mol. The second-order valence-electron chi connectivity index (χ2n) is 9.11. The molecule has 0 amide bonds. The minimum atomic E-state index is -4.83. The molecule has 0 aromatic heterocycles. The van der Waals surface area contributed by atoms with Gasteiger partial charge in [0, 0.05) is 38.4 Å². The Hall–Kier alpha value is -0.660. The van der Waals surface area contributed by atoms with E-state index in [0.29, 0.717) is 28.5 Å². The molecule has 0 radical (unpaired) electrons. The van der Waals surface area contributed by atoms with Gasteiger partial charge in [0.05, 0.1) is 6.61 Å². The Morgan fingerprint density at radius 3 is 1.63 bits per heavy atom. The third-order valence-electron chi connectivity index (χ3n) is 6.57. The summed E-state index contributed by atoms with van der Waals surface area (Å²) in [6.45, 7) is 2.61. The van der Waals surface area contributed by atoms with Crippen LogP contribution >= 0.6 is 0 Å². The number of aromatic hydroxyl groups is 1. The number of rotatable bonds is 12. The molecule has 4 aromatic carbocycles. The SMILES string of the molecule is CCCCCCCCCCOc1cc(O)c2ccc3c(S(=O)(=O)O)cc(S(=O)(=O)O)c4ccc1c2c34.[NaH].[NaH]. The van der Waals surface area contributed by atoms with Gasteiger partial charge >= 0.3 is 59.1 Å². The minimum absolute atomic E-state index is 0. The fraction of sp³-hybridized carbons (Fsp3) is 0.385. The van der Waals surface area contributed by atoms with Crippen LogP contribution in [0.3, 0.4) is 0 Å². The fourth-order valence-corrected chi connectivity index (χ4v) is 6.35. The summed E-state index contributed by atoms with van der Waals surface area (Å²) in [5.74, 6) is 0.261. The zero-order chi connectivity index (χ0) is 26.1. The van der Waals surface area contributed by atoms with Crippen LogP contribution in [0.15, 0.2) is 46.2 Å². The maximum atomic E-state index is 12.1. The Morgan fingerprint density at radius 2 is 1.11 bits per heavy atom. The van der Waals surface area contributed by atoms with Crippen LogP contribution in [0.2, 0.25) is 0 Å². The van der Waals surface area contributed by atoms with E-state index >= 15 is 0 Å². The van der Waals surface area contributed by atoms with Gasteiger partial charge in [-0.3, -0.25) is 9.11 Å². The molecular weight excluding hydrogens is 550 g/mol. The van der Waals surface area contributed by atoms with Gasteiger partial charge in [0.2, 0.25) is 0 Å². The second kappa shape index (κ2) is 13.8. The summed E-state index contributed by atoms with van der Waals surface area (Å²) in [5.41, 5.74) is 0. The van der Waals surface area contributed by atoms with Crippen LogP contribution in [0.25, 0.3) is 32.3 Å². The van der Waals surface area contributed by atoms with Crippen LogP contribution in [0.4, 0.5) is 0 Å². The molecule has 38 heavy (non-hydrogen) atoms. The number of phenolic OH excluding ortho intramolecular Hbond substituents is 1. The van der Waals surface area contributed by atoms with Gasteiger partial charge < -0.3 is 9.84 Å². The van der Waals surface area contributed by atoms with Crippen molar-refractivity contribution in [1.29, 1.82) is 0 Å². The van der Waals surface area contributed by atoms with Crippen molar-refractivity contribution in [3.63, 3.8) is 0 Å². The molecule has 4 rings (SSSR count). The Morgan fingerprint density at radius 1 is 0.658 bits per heavy atom. The Kier molecular flexibility index (Phi) is 12.2. The summed E-state index contributed by atoms with van der Waals surface area (Å²) in [7, 11) is -9.66. The number of hydrogen-bond acceptors (Lipinski definition) is 6. The molecule has 198 valence electrons. The van der Waals surface area contributed by atoms with Gasteiger partial charge in [0.25, 0.3) is 20.2 Å². The van der Waals surface area contributed by atoms with Crippen LogP contribution in [-0.2, 0) is 20.2 Å². The van der Waals surface area contributed by atoms with Crippen LogP contribution in [-0.4, -0.2) is 96.8 Å². The molecule has 12 heteroatoms. The fourth-order valence-electron chi connectivity index (χ4n) is 4.84. The first-order chi connectivity index (χ1) is 17.0. The normalized spacial score (nSPS) is 12.1. The first-order valence-electron chi connectivity index (χ1n) is 12.1. The average molecular weight is 583 g/mol. The van der Waals surface area contributed by atoms with Crippen LogP contribution < -0.4 is 4.74 Å². The summed E-state index contributed by atoms with van der Waals surface area (Å²) in [4.78, 5) is -1.30. The number of hydrogen-bond donors (Lipinski definition) is 3. The van der Waals surface area contributed by atoms with Gasteiger partial charge in [-0.25, -0.2) is 0 Å². The molecule has 0 aliphatic carbocycles. The second-order valence-corrected chi connectivity index (χ2v) is 11.9. The molecule has 0 spiro atoms. The summed E-state index contributed by atoms with van der Waals surface area (Å²) in [6, 6.07) is 8.20. The molecule has 0 heterocycles. The third-order valence-corrected chi connectivity index (χ3v) is 8.36. The van der Waals surface area contributed by atoms with Gasteiger partial charge in [0.1, 0.15) is 21.3 Å². The molecule has 0 aliphatic heterocycles. The van der Waals surface area contributed by atoms with E-state index in [1.54, 1.807) is 6.07 Å². The first-order valence-corrected chi connectivity index (χ1v) is 15.0.